The van der Waals surface area contributed by atoms with Gasteiger partial charge in [-0.05, 0) is 152 Å². The van der Waals surface area contributed by atoms with E-state index in [1.807, 2.05) is 116 Å². The maximum Gasteiger partial charge on any atom is 0.325 e. The summed E-state index contributed by atoms with van der Waals surface area (Å²) in [5.41, 5.74) is 13.5. The van der Waals surface area contributed by atoms with E-state index in [2.05, 4.69) is 73.3 Å². The van der Waals surface area contributed by atoms with Gasteiger partial charge in [0.2, 0.25) is 0 Å². The molecule has 3 heterocycles. The monoisotopic (exact) mass is 1220 g/mol. The molecule has 3 atom stereocenters. The number of hydrogen-bond donors (Lipinski definition) is 6. The highest BCUT2D eigenvalue weighted by Crippen LogP contribution is 2.42. The minimum atomic E-state index is -0.474. The molecule has 9 aromatic rings. The Kier molecular flexibility index (Phi) is 20.1. The third-order valence-electron chi connectivity index (χ3n) is 16.9. The Balaban J connectivity index is 0.000000146. The molecule has 3 unspecified atom stereocenters. The largest absolute Gasteiger partial charge is 0.496 e. The van der Waals surface area contributed by atoms with Crippen LogP contribution in [0.3, 0.4) is 0 Å². The van der Waals surface area contributed by atoms with Crippen molar-refractivity contribution in [3.63, 3.8) is 0 Å². The fourth-order valence-corrected chi connectivity index (χ4v) is 13.0. The zero-order valence-electron chi connectivity index (χ0n) is 49.3. The number of aromatic amines is 6. The van der Waals surface area contributed by atoms with Crippen LogP contribution in [0.15, 0.2) is 193 Å². The number of aromatic nitrogens is 6. The molecule has 0 saturated carbocycles. The topological polar surface area (TPSA) is 206 Å². The molecule has 0 amide bonds. The van der Waals surface area contributed by atoms with E-state index in [9.17, 15) is 33.2 Å². The van der Waals surface area contributed by atoms with Crippen LogP contribution >= 0.6 is 23.2 Å². The lowest BCUT2D eigenvalue weighted by molar-refractivity contribution is 0.412. The van der Waals surface area contributed by atoms with Crippen LogP contribution in [0.4, 0.5) is 4.39 Å². The number of methoxy groups -OCH3 is 1. The minimum absolute atomic E-state index is 0.0568. The van der Waals surface area contributed by atoms with Crippen LogP contribution in [0.2, 0.25) is 10.0 Å². The van der Waals surface area contributed by atoms with Crippen molar-refractivity contribution in [2.24, 2.45) is 0 Å². The third-order valence-corrected chi connectivity index (χ3v) is 17.5. The van der Waals surface area contributed by atoms with E-state index in [0.29, 0.717) is 64.5 Å². The molecular formula is C72H69Cl2FN6O7. The Morgan fingerprint density at radius 2 is 0.852 bits per heavy atom. The molecule has 0 spiro atoms. The SMILES string of the molecule is COc1cc(C)ccc1C1=CCC(c2[nH]c(=O)[nH]c(=O)c2Cc2ccccc2)CC1.Cc1ccc(F)cc1C1=CCC(c2[nH]c(=O)[nH]c(=O)c2Cc2ccccc2)CC1.O=c1[nH]c(C2CC=C(c3c(Cl)cccc3Cl)CC2)c(Cc2ccccc2)c(=O)[nH]1. The van der Waals surface area contributed by atoms with Crippen molar-refractivity contribution in [1.82, 2.24) is 29.9 Å². The van der Waals surface area contributed by atoms with Crippen molar-refractivity contribution in [3.8, 4) is 5.75 Å². The molecule has 13 nitrogen and oxygen atoms in total. The maximum absolute atomic E-state index is 13.7. The first-order valence-electron chi connectivity index (χ1n) is 29.7. The van der Waals surface area contributed by atoms with E-state index in [1.165, 1.54) is 11.6 Å². The van der Waals surface area contributed by atoms with Gasteiger partial charge < -0.3 is 19.7 Å². The molecule has 0 fully saturated rings. The Morgan fingerprint density at radius 1 is 0.455 bits per heavy atom. The predicted octanol–water partition coefficient (Wildman–Crippen LogP) is 14.1. The molecular weight excluding hydrogens is 1150 g/mol. The second-order valence-corrected chi connectivity index (χ2v) is 23.6. The summed E-state index contributed by atoms with van der Waals surface area (Å²) in [6.07, 6.45) is 14.9. The molecule has 0 aliphatic heterocycles. The van der Waals surface area contributed by atoms with Crippen LogP contribution in [0, 0.1) is 19.7 Å². The highest BCUT2D eigenvalue weighted by molar-refractivity contribution is 6.37. The van der Waals surface area contributed by atoms with E-state index >= 15 is 0 Å². The molecule has 3 aromatic heterocycles. The average molecular weight is 1220 g/mol. The molecule has 3 aliphatic carbocycles. The van der Waals surface area contributed by atoms with Gasteiger partial charge in [-0.1, -0.05) is 157 Å². The first-order valence-corrected chi connectivity index (χ1v) is 30.5. The number of halogens is 3. The quantitative estimate of drug-likeness (QED) is 0.0658. The second-order valence-electron chi connectivity index (χ2n) is 22.8. The maximum atomic E-state index is 13.7. The highest BCUT2D eigenvalue weighted by atomic mass is 35.5. The lowest BCUT2D eigenvalue weighted by atomic mass is 9.82. The number of hydrogen-bond acceptors (Lipinski definition) is 7. The Hall–Kier alpha value is -9.11. The number of H-pyrrole nitrogens is 6. The fourth-order valence-electron chi connectivity index (χ4n) is 12.4. The first-order chi connectivity index (χ1) is 42.6. The summed E-state index contributed by atoms with van der Waals surface area (Å²) in [7, 11) is 1.70. The van der Waals surface area contributed by atoms with Gasteiger partial charge in [-0.25, -0.2) is 18.8 Å². The molecule has 450 valence electrons. The zero-order valence-corrected chi connectivity index (χ0v) is 50.8. The van der Waals surface area contributed by atoms with E-state index in [0.717, 1.165) is 118 Å². The van der Waals surface area contributed by atoms with E-state index in [-0.39, 0.29) is 40.2 Å². The molecule has 0 bridgehead atoms. The van der Waals surface area contributed by atoms with Crippen molar-refractivity contribution < 1.29 is 9.13 Å². The van der Waals surface area contributed by atoms with Crippen molar-refractivity contribution >= 4 is 39.9 Å². The van der Waals surface area contributed by atoms with Crippen LogP contribution in [-0.4, -0.2) is 37.0 Å². The van der Waals surface area contributed by atoms with Gasteiger partial charge in [0.05, 0.1) is 7.11 Å². The minimum Gasteiger partial charge on any atom is -0.496 e. The van der Waals surface area contributed by atoms with Crippen LogP contribution in [0.5, 0.6) is 5.75 Å². The van der Waals surface area contributed by atoms with Crippen LogP contribution in [0.1, 0.15) is 154 Å². The van der Waals surface area contributed by atoms with Crippen molar-refractivity contribution in [2.45, 2.75) is 109 Å². The molecule has 0 radical (unpaired) electrons. The van der Waals surface area contributed by atoms with Gasteiger partial charge in [0.1, 0.15) is 11.6 Å². The summed E-state index contributed by atoms with van der Waals surface area (Å²) in [6.45, 7) is 4.03. The van der Waals surface area contributed by atoms with Gasteiger partial charge in [-0.15, -0.1) is 0 Å². The average Bonchev–Trinajstić information content (AvgIpc) is 2.60. The summed E-state index contributed by atoms with van der Waals surface area (Å²) in [4.78, 5) is 89.5. The van der Waals surface area contributed by atoms with Gasteiger partial charge in [0.25, 0.3) is 16.7 Å². The summed E-state index contributed by atoms with van der Waals surface area (Å²) < 4.78 is 19.3. The Morgan fingerprint density at radius 3 is 1.24 bits per heavy atom. The zero-order chi connectivity index (χ0) is 61.8. The second kappa shape index (κ2) is 28.6. The van der Waals surface area contributed by atoms with Gasteiger partial charge in [0.15, 0.2) is 0 Å². The van der Waals surface area contributed by atoms with Crippen LogP contribution < -0.4 is 38.5 Å². The number of rotatable bonds is 13. The first kappa shape index (κ1) is 62.0. The van der Waals surface area contributed by atoms with Gasteiger partial charge >= 0.3 is 17.1 Å². The number of ether oxygens (including phenoxy) is 1. The summed E-state index contributed by atoms with van der Waals surface area (Å²) in [5.74, 6) is 0.876. The lowest BCUT2D eigenvalue weighted by Crippen LogP contribution is -2.30. The lowest BCUT2D eigenvalue weighted by Gasteiger charge is -2.24. The normalized spacial score (nSPS) is 16.4. The standard InChI is InChI=1S/C25H26N2O3.C24H23FN2O2.C23H20Cl2N2O2/c1-16-8-13-20(22(14-16)30-2)18-9-11-19(12-10-18)23-21(24(28)27-25(29)26-23)15-17-6-4-3-5-7-17;1-15-7-12-19(25)14-20(15)17-8-10-18(11-9-17)22-21(23(28)27-24(29)26-22)13-16-5-3-2-4-6-16;24-18-7-4-8-19(25)20(18)15-9-11-16(12-10-15)21-17(22(28)27-23(29)26-21)13-14-5-2-1-3-6-14/h3-9,13-14,19H,10-12,15H2,1-2H3,(H2,26,27,28,29);2-8,12,14,18H,9-11,13H2,1H3,(H2,26,27,28,29);1-9,16H,10-13H2,(H2,26,27,28,29). The molecule has 3 aliphatic rings. The van der Waals surface area contributed by atoms with Gasteiger partial charge in [0, 0.05) is 92.0 Å². The van der Waals surface area contributed by atoms with Crippen molar-refractivity contribution in [2.75, 3.05) is 7.11 Å². The fraction of sp³-hybridized carbons (Fsp3) is 0.250. The van der Waals surface area contributed by atoms with Gasteiger partial charge in [-0.2, -0.15) is 0 Å². The van der Waals surface area contributed by atoms with E-state index in [1.54, 1.807) is 19.2 Å². The number of nitrogens with one attached hydrogen (secondary N) is 6. The number of benzene rings is 6. The van der Waals surface area contributed by atoms with Crippen LogP contribution in [-0.2, 0) is 19.3 Å². The molecule has 6 aromatic carbocycles. The summed E-state index contributed by atoms with van der Waals surface area (Å²) in [5, 5.41) is 1.27. The molecule has 88 heavy (non-hydrogen) atoms. The number of allylic oxidation sites excluding steroid dienone is 6. The van der Waals surface area contributed by atoms with Crippen LogP contribution in [0.25, 0.3) is 16.7 Å². The Bertz CT molecular complexity index is 4430. The Labute approximate surface area is 518 Å². The number of aryl methyl sites for hydroxylation is 2. The van der Waals surface area contributed by atoms with Crippen molar-refractivity contribution in [3.05, 3.63) is 320 Å². The third kappa shape index (κ3) is 15.2. The van der Waals surface area contributed by atoms with E-state index < -0.39 is 17.1 Å². The summed E-state index contributed by atoms with van der Waals surface area (Å²) >= 11 is 12.7. The molecule has 0 saturated heterocycles. The smallest absolute Gasteiger partial charge is 0.325 e. The molecule has 12 rings (SSSR count). The predicted molar refractivity (Wildman–Crippen MR) is 350 cm³/mol. The van der Waals surface area contributed by atoms with Gasteiger partial charge in [-0.3, -0.25) is 29.3 Å². The molecule has 6 N–H and O–H groups in total. The summed E-state index contributed by atoms with van der Waals surface area (Å²) in [6, 6.07) is 46.0. The van der Waals surface area contributed by atoms with E-state index in [4.69, 9.17) is 27.9 Å². The molecule has 16 heteroatoms. The van der Waals surface area contributed by atoms with Crippen molar-refractivity contribution in [1.29, 1.82) is 0 Å². The highest BCUT2D eigenvalue weighted by Gasteiger charge is 2.27.